The Bertz CT molecular complexity index is 581. The number of hydrogen-bond acceptors (Lipinski definition) is 6. The van der Waals surface area contributed by atoms with Crippen LogP contribution < -0.4 is 5.56 Å². The molecule has 2 aromatic rings. The van der Waals surface area contributed by atoms with Crippen molar-refractivity contribution in [1.29, 1.82) is 0 Å². The van der Waals surface area contributed by atoms with Gasteiger partial charge in [-0.1, -0.05) is 0 Å². The van der Waals surface area contributed by atoms with E-state index in [0.29, 0.717) is 18.6 Å². The van der Waals surface area contributed by atoms with Gasteiger partial charge >= 0.3 is 0 Å². The minimum absolute atomic E-state index is 0.0457. The van der Waals surface area contributed by atoms with Gasteiger partial charge in [0.2, 0.25) is 0 Å². The van der Waals surface area contributed by atoms with Gasteiger partial charge in [-0.3, -0.25) is 4.79 Å². The van der Waals surface area contributed by atoms with Gasteiger partial charge in [0, 0.05) is 12.7 Å². The molecule has 2 aromatic heterocycles. The van der Waals surface area contributed by atoms with Crippen LogP contribution in [0.25, 0.3) is 11.2 Å². The van der Waals surface area contributed by atoms with Crippen molar-refractivity contribution in [1.82, 2.24) is 19.5 Å². The first-order valence-electron chi connectivity index (χ1n) is 5.30. The summed E-state index contributed by atoms with van der Waals surface area (Å²) in [4.78, 5) is 39.3. The second-order valence-corrected chi connectivity index (χ2v) is 4.95. The summed E-state index contributed by atoms with van der Waals surface area (Å²) >= 11 is 0. The molecule has 98 valence electrons. The fraction of sp³-hybridized carbons (Fsp3) is 0.444. The molecule has 0 bridgehead atoms. The molecule has 0 aromatic carbocycles. The van der Waals surface area contributed by atoms with Crippen LogP contribution in [0.1, 0.15) is 6.42 Å². The van der Waals surface area contributed by atoms with Crippen LogP contribution in [-0.4, -0.2) is 46.7 Å². The lowest BCUT2D eigenvalue weighted by Crippen LogP contribution is -2.15. The maximum atomic E-state index is 11.4. The van der Waals surface area contributed by atoms with Crippen molar-refractivity contribution in [2.75, 3.05) is 6.16 Å². The van der Waals surface area contributed by atoms with E-state index in [1.807, 2.05) is 0 Å². The Morgan fingerprint density at radius 3 is 2.94 bits per heavy atom. The minimum atomic E-state index is -2.09. The Kier molecular flexibility index (Phi) is 4.03. The Labute approximate surface area is 103 Å². The summed E-state index contributed by atoms with van der Waals surface area (Å²) in [5.74, 6) is 0. The maximum absolute atomic E-state index is 11.4. The van der Waals surface area contributed by atoms with Gasteiger partial charge < -0.3 is 24.4 Å². The Morgan fingerprint density at radius 2 is 2.22 bits per heavy atom. The summed E-state index contributed by atoms with van der Waals surface area (Å²) in [6.07, 6.45) is 2.25. The number of imidazole rings is 1. The summed E-state index contributed by atoms with van der Waals surface area (Å²) in [6, 6.07) is 0. The van der Waals surface area contributed by atoms with Crippen LogP contribution in [0, 0.1) is 0 Å². The number of nitrogens with zero attached hydrogens (tertiary/aromatic N) is 3. The third-order valence-corrected chi connectivity index (χ3v) is 3.23. The van der Waals surface area contributed by atoms with Crippen molar-refractivity contribution in [2.45, 2.75) is 19.1 Å². The molecule has 0 saturated carbocycles. The van der Waals surface area contributed by atoms with Gasteiger partial charge in [0.25, 0.3) is 5.56 Å². The molecule has 1 atom stereocenters. The van der Waals surface area contributed by atoms with Gasteiger partial charge in [-0.25, -0.2) is 9.97 Å². The van der Waals surface area contributed by atoms with E-state index in [1.165, 1.54) is 12.7 Å². The monoisotopic (exact) mass is 272 g/mol. The molecule has 0 aliphatic rings. The zero-order valence-corrected chi connectivity index (χ0v) is 10.3. The second-order valence-electron chi connectivity index (χ2n) is 3.84. The number of hydrogen-bond donors (Lipinski definition) is 4. The molecular weight excluding hydrogens is 259 g/mol. The molecular formula is C9H13N4O4P. The number of aryl methyl sites for hydroxylation is 1. The topological polar surface area (TPSA) is 124 Å². The SMILES string of the molecule is O=c1[nH]cnc2c1ncn2CCC(O)CP(O)O. The minimum Gasteiger partial charge on any atom is -0.393 e. The third kappa shape index (κ3) is 2.91. The maximum Gasteiger partial charge on any atom is 0.278 e. The van der Waals surface area contributed by atoms with Gasteiger partial charge in [-0.2, -0.15) is 0 Å². The summed E-state index contributed by atoms with van der Waals surface area (Å²) in [5, 5.41) is 9.52. The zero-order chi connectivity index (χ0) is 13.1. The fourth-order valence-corrected chi connectivity index (χ4v) is 2.18. The van der Waals surface area contributed by atoms with Crippen LogP contribution in [0.5, 0.6) is 0 Å². The van der Waals surface area contributed by atoms with Crippen molar-refractivity contribution in [3.05, 3.63) is 23.0 Å². The predicted octanol–water partition coefficient (Wildman–Crippen LogP) is -0.833. The Hall–Kier alpha value is -1.34. The summed E-state index contributed by atoms with van der Waals surface area (Å²) in [6.45, 7) is 0.400. The van der Waals surface area contributed by atoms with Crippen molar-refractivity contribution in [2.24, 2.45) is 0 Å². The van der Waals surface area contributed by atoms with Gasteiger partial charge in [0.15, 0.2) is 19.5 Å². The molecule has 2 heterocycles. The first kappa shape index (κ1) is 13.1. The number of H-pyrrole nitrogens is 1. The number of aliphatic hydroxyl groups excluding tert-OH is 1. The second kappa shape index (κ2) is 5.53. The highest BCUT2D eigenvalue weighted by Crippen LogP contribution is 2.24. The number of rotatable bonds is 5. The Morgan fingerprint density at radius 1 is 1.44 bits per heavy atom. The lowest BCUT2D eigenvalue weighted by atomic mass is 10.3. The molecule has 0 fully saturated rings. The lowest BCUT2D eigenvalue weighted by Gasteiger charge is -2.11. The normalized spacial score (nSPS) is 13.3. The van der Waals surface area contributed by atoms with Crippen molar-refractivity contribution >= 4 is 19.5 Å². The molecule has 0 aliphatic carbocycles. The largest absolute Gasteiger partial charge is 0.393 e. The van der Waals surface area contributed by atoms with E-state index in [1.54, 1.807) is 4.57 Å². The average Bonchev–Trinajstić information content (AvgIpc) is 2.70. The molecule has 0 amide bonds. The highest BCUT2D eigenvalue weighted by molar-refractivity contribution is 7.45. The molecule has 18 heavy (non-hydrogen) atoms. The Balaban J connectivity index is 2.09. The van der Waals surface area contributed by atoms with E-state index in [9.17, 15) is 9.90 Å². The number of aromatic amines is 1. The van der Waals surface area contributed by atoms with Gasteiger partial charge in [0.05, 0.1) is 18.8 Å². The van der Waals surface area contributed by atoms with Crippen LogP contribution >= 0.6 is 8.38 Å². The highest BCUT2D eigenvalue weighted by Gasteiger charge is 2.12. The molecule has 9 heteroatoms. The molecule has 0 saturated heterocycles. The van der Waals surface area contributed by atoms with E-state index in [4.69, 9.17) is 9.79 Å². The van der Waals surface area contributed by atoms with Crippen LogP contribution in [-0.2, 0) is 6.54 Å². The first-order valence-corrected chi connectivity index (χ1v) is 6.73. The summed E-state index contributed by atoms with van der Waals surface area (Å²) < 4.78 is 1.64. The number of fused-ring (bicyclic) bond motifs is 1. The summed E-state index contributed by atoms with van der Waals surface area (Å²) in [7, 11) is -2.09. The summed E-state index contributed by atoms with van der Waals surface area (Å²) in [5.41, 5.74) is 0.383. The van der Waals surface area contributed by atoms with Gasteiger partial charge in [-0.05, 0) is 6.42 Å². The number of nitrogens with one attached hydrogen (secondary N) is 1. The number of aliphatic hydroxyl groups is 1. The number of aromatic nitrogens is 4. The van der Waals surface area contributed by atoms with Gasteiger partial charge in [-0.15, -0.1) is 0 Å². The smallest absolute Gasteiger partial charge is 0.278 e. The van der Waals surface area contributed by atoms with E-state index >= 15 is 0 Å². The van der Waals surface area contributed by atoms with E-state index in [-0.39, 0.29) is 17.2 Å². The zero-order valence-electron chi connectivity index (χ0n) is 9.39. The first-order chi connectivity index (χ1) is 8.58. The van der Waals surface area contributed by atoms with Crippen LogP contribution in [0.2, 0.25) is 0 Å². The van der Waals surface area contributed by atoms with E-state index in [2.05, 4.69) is 15.0 Å². The van der Waals surface area contributed by atoms with Crippen LogP contribution in [0.15, 0.2) is 17.4 Å². The molecule has 0 spiro atoms. The van der Waals surface area contributed by atoms with Gasteiger partial charge in [0.1, 0.15) is 0 Å². The van der Waals surface area contributed by atoms with Crippen molar-refractivity contribution in [3.8, 4) is 0 Å². The molecule has 4 N–H and O–H groups in total. The van der Waals surface area contributed by atoms with Crippen LogP contribution in [0.3, 0.4) is 0 Å². The molecule has 8 nitrogen and oxygen atoms in total. The molecule has 0 aliphatic heterocycles. The average molecular weight is 272 g/mol. The standard InChI is InChI=1S/C9H13N4O4P/c14-6(3-18(16)17)1-2-13-5-12-7-8(13)10-4-11-9(7)15/h4-6,14,16-17H,1-3H2,(H,10,11,15). The highest BCUT2D eigenvalue weighted by atomic mass is 31.2. The molecule has 0 radical (unpaired) electrons. The lowest BCUT2D eigenvalue weighted by molar-refractivity contribution is 0.177. The predicted molar refractivity (Wildman–Crippen MR) is 65.0 cm³/mol. The van der Waals surface area contributed by atoms with Crippen LogP contribution in [0.4, 0.5) is 0 Å². The molecule has 1 unspecified atom stereocenters. The van der Waals surface area contributed by atoms with E-state index in [0.717, 1.165) is 0 Å². The van der Waals surface area contributed by atoms with Crippen molar-refractivity contribution < 1.29 is 14.9 Å². The van der Waals surface area contributed by atoms with E-state index < -0.39 is 14.5 Å². The fourth-order valence-electron chi connectivity index (χ4n) is 1.62. The third-order valence-electron chi connectivity index (χ3n) is 2.48. The van der Waals surface area contributed by atoms with Crippen molar-refractivity contribution in [3.63, 3.8) is 0 Å². The quantitative estimate of drug-likeness (QED) is 0.526. The molecule has 2 rings (SSSR count).